The average molecular weight is 1240 g/mol. The molecule has 0 aromatic heterocycles. The van der Waals surface area contributed by atoms with Crippen molar-refractivity contribution >= 4 is 59.1 Å². The highest BCUT2D eigenvalue weighted by atomic mass is 16.2. The summed E-state index contributed by atoms with van der Waals surface area (Å²) < 4.78 is 0. The third-order valence-corrected chi connectivity index (χ3v) is 15.1. The van der Waals surface area contributed by atoms with Gasteiger partial charge in [-0.2, -0.15) is 0 Å². The molecule has 0 aliphatic rings. The van der Waals surface area contributed by atoms with Crippen molar-refractivity contribution in [3.8, 4) is 0 Å². The lowest BCUT2D eigenvalue weighted by molar-refractivity contribution is -0.136. The minimum Gasteiger partial charge on any atom is -0.368 e. The summed E-state index contributed by atoms with van der Waals surface area (Å²) in [5.41, 5.74) is 35.7. The standard InChI is InChI=1S/C63H115N15O10/c1-11-42(10)53(63(88)72-47(28-18-22-32-67)56(81)70-45(26-16-20-30-65)57(82)75-51(36-41(8)9)60(85)73-48(54(69)79)33-38(2)3)78-62(87)52(37-43-23-13-12-14-24-43)77-58(83)46(27-17-21-31-66)71-59(84)50(35-40(6)7)76-61(86)49(34-39(4)5)74-55(80)44(68)25-15-19-29-64/h12-14,23-24,38-42,44-53H,11,15-22,25-37,64-68H2,1-10H3,(H2,69,79)(H,70,81)(H,71,84)(H,72,88)(H,73,85)(H,74,80)(H,75,82)(H,76,86)(H,77,83)(H,78,87)/t42-,44-,45-,46-,47-,48-,49-,50-,51-,52-,53-/m0/s1. The molecule has 25 heteroatoms. The number of unbranched alkanes of at least 4 members (excludes halogenated alkanes) is 4. The average Bonchev–Trinajstić information content (AvgIpc) is 3.63. The predicted molar refractivity (Wildman–Crippen MR) is 344 cm³/mol. The van der Waals surface area contributed by atoms with E-state index < -0.39 is 125 Å². The minimum absolute atomic E-state index is 0.0237. The highest BCUT2D eigenvalue weighted by Crippen LogP contribution is 2.16. The normalized spacial score (nSPS) is 15.3. The first-order valence-corrected chi connectivity index (χ1v) is 32.2. The van der Waals surface area contributed by atoms with E-state index in [9.17, 15) is 47.9 Å². The second kappa shape index (κ2) is 44.2. The fourth-order valence-electron chi connectivity index (χ4n) is 9.94. The van der Waals surface area contributed by atoms with Gasteiger partial charge in [-0.05, 0) is 158 Å². The molecule has 0 fully saturated rings. The Morgan fingerprint density at radius 1 is 0.364 bits per heavy atom. The van der Waals surface area contributed by atoms with Crippen LogP contribution in [-0.4, -0.2) is 146 Å². The van der Waals surface area contributed by atoms with Crippen molar-refractivity contribution < 1.29 is 47.9 Å². The quantitative estimate of drug-likeness (QED) is 0.0407. The number of nitrogens with two attached hydrogens (primary N) is 6. The van der Waals surface area contributed by atoms with Gasteiger partial charge in [-0.3, -0.25) is 47.9 Å². The van der Waals surface area contributed by atoms with Crippen LogP contribution in [0.3, 0.4) is 0 Å². The largest absolute Gasteiger partial charge is 0.368 e. The van der Waals surface area contributed by atoms with Crippen molar-refractivity contribution in [2.75, 3.05) is 26.2 Å². The lowest BCUT2D eigenvalue weighted by atomic mass is 9.96. The monoisotopic (exact) mass is 1240 g/mol. The van der Waals surface area contributed by atoms with Crippen molar-refractivity contribution in [1.29, 1.82) is 0 Å². The summed E-state index contributed by atoms with van der Waals surface area (Å²) in [5.74, 6) is -7.33. The van der Waals surface area contributed by atoms with Crippen molar-refractivity contribution in [2.45, 2.75) is 245 Å². The number of amides is 10. The van der Waals surface area contributed by atoms with Gasteiger partial charge in [-0.25, -0.2) is 0 Å². The van der Waals surface area contributed by atoms with Crippen LogP contribution in [0.4, 0.5) is 0 Å². The number of carbonyl (C=O) groups is 10. The van der Waals surface area contributed by atoms with E-state index in [0.29, 0.717) is 96.0 Å². The fourth-order valence-corrected chi connectivity index (χ4v) is 9.94. The Kier molecular flexibility index (Phi) is 40.1. The molecule has 0 radical (unpaired) electrons. The van der Waals surface area contributed by atoms with Crippen LogP contribution in [0.2, 0.25) is 0 Å². The maximum Gasteiger partial charge on any atom is 0.243 e. The van der Waals surface area contributed by atoms with Crippen molar-refractivity contribution in [1.82, 2.24) is 47.9 Å². The predicted octanol–water partition coefficient (Wildman–Crippen LogP) is 1.15. The molecule has 0 saturated carbocycles. The van der Waals surface area contributed by atoms with Crippen LogP contribution in [0, 0.1) is 29.6 Å². The summed E-state index contributed by atoms with van der Waals surface area (Å²) in [7, 11) is 0. The summed E-state index contributed by atoms with van der Waals surface area (Å²) in [6.45, 7) is 20.0. The molecule has 1 aromatic carbocycles. The Bertz CT molecular complexity index is 2270. The number of rotatable bonds is 47. The Hall–Kier alpha value is -6.28. The first kappa shape index (κ1) is 79.7. The van der Waals surface area contributed by atoms with E-state index in [4.69, 9.17) is 34.4 Å². The van der Waals surface area contributed by atoms with Gasteiger partial charge in [0.05, 0.1) is 6.04 Å². The third kappa shape index (κ3) is 32.3. The fraction of sp³-hybridized carbons (Fsp3) is 0.746. The van der Waals surface area contributed by atoms with E-state index in [-0.39, 0.29) is 75.0 Å². The Balaban J connectivity index is 3.70. The topological polar surface area (TPSA) is 435 Å². The molecule has 1 aromatic rings. The number of hydrogen-bond donors (Lipinski definition) is 15. The van der Waals surface area contributed by atoms with Gasteiger partial charge in [-0.15, -0.1) is 0 Å². The van der Waals surface area contributed by atoms with Gasteiger partial charge in [0.15, 0.2) is 0 Å². The highest BCUT2D eigenvalue weighted by Gasteiger charge is 2.37. The van der Waals surface area contributed by atoms with Gasteiger partial charge in [0.2, 0.25) is 59.1 Å². The molecule has 0 saturated heterocycles. The molecule has 0 aliphatic heterocycles. The molecule has 0 heterocycles. The van der Waals surface area contributed by atoms with Crippen molar-refractivity contribution in [3.63, 3.8) is 0 Å². The molecular formula is C63H115N15O10. The molecule has 0 aliphatic carbocycles. The van der Waals surface area contributed by atoms with Crippen LogP contribution in [0.25, 0.3) is 0 Å². The smallest absolute Gasteiger partial charge is 0.243 e. The molecular weight excluding hydrogens is 1130 g/mol. The second-order valence-corrected chi connectivity index (χ2v) is 25.2. The Morgan fingerprint density at radius 3 is 1.01 bits per heavy atom. The number of hydrogen-bond acceptors (Lipinski definition) is 15. The molecule has 0 unspecified atom stereocenters. The van der Waals surface area contributed by atoms with Crippen LogP contribution in [0.1, 0.15) is 184 Å². The van der Waals surface area contributed by atoms with E-state index in [1.165, 1.54) is 0 Å². The van der Waals surface area contributed by atoms with E-state index in [1.54, 1.807) is 37.3 Å². The van der Waals surface area contributed by atoms with Gasteiger partial charge in [0.1, 0.15) is 54.4 Å². The number of primary amides is 1. The van der Waals surface area contributed by atoms with Crippen LogP contribution in [0.5, 0.6) is 0 Å². The van der Waals surface area contributed by atoms with Gasteiger partial charge in [0.25, 0.3) is 0 Å². The van der Waals surface area contributed by atoms with Gasteiger partial charge in [-0.1, -0.05) is 112 Å². The molecule has 0 bridgehead atoms. The SMILES string of the molecule is CC[C@H](C)[C@H](NC(=O)[C@H](Cc1ccccc1)NC(=O)[C@H](CCCCN)NC(=O)[C@H](CC(C)C)NC(=O)[C@H](CC(C)C)NC(=O)[C@@H](N)CCCCN)C(=O)N[C@@H](CCCCN)C(=O)N[C@@H](CCCCN)C(=O)N[C@@H](CC(C)C)C(=O)N[C@@H](CC(C)C)C(N)=O. The molecule has 0 spiro atoms. The third-order valence-electron chi connectivity index (χ3n) is 15.1. The molecule has 502 valence electrons. The van der Waals surface area contributed by atoms with E-state index >= 15 is 0 Å². The summed E-state index contributed by atoms with van der Waals surface area (Å²) in [6, 6.07) is -2.42. The maximum absolute atomic E-state index is 14.8. The Morgan fingerprint density at radius 2 is 0.659 bits per heavy atom. The van der Waals surface area contributed by atoms with Crippen LogP contribution in [0.15, 0.2) is 30.3 Å². The first-order valence-electron chi connectivity index (χ1n) is 32.2. The molecule has 21 N–H and O–H groups in total. The molecule has 25 nitrogen and oxygen atoms in total. The van der Waals surface area contributed by atoms with E-state index in [2.05, 4.69) is 47.9 Å². The zero-order valence-corrected chi connectivity index (χ0v) is 54.6. The van der Waals surface area contributed by atoms with Gasteiger partial charge < -0.3 is 82.3 Å². The summed E-state index contributed by atoms with van der Waals surface area (Å²) in [4.78, 5) is 141. The zero-order chi connectivity index (χ0) is 66.5. The maximum atomic E-state index is 14.8. The van der Waals surface area contributed by atoms with Crippen molar-refractivity contribution in [2.24, 2.45) is 64.0 Å². The summed E-state index contributed by atoms with van der Waals surface area (Å²) in [6.07, 6.45) is 6.02. The van der Waals surface area contributed by atoms with Crippen LogP contribution < -0.4 is 82.3 Å². The molecule has 10 amide bonds. The highest BCUT2D eigenvalue weighted by molar-refractivity contribution is 5.98. The van der Waals surface area contributed by atoms with Crippen LogP contribution in [-0.2, 0) is 54.4 Å². The molecule has 88 heavy (non-hydrogen) atoms. The van der Waals surface area contributed by atoms with Crippen molar-refractivity contribution in [3.05, 3.63) is 35.9 Å². The van der Waals surface area contributed by atoms with Gasteiger partial charge >= 0.3 is 0 Å². The zero-order valence-electron chi connectivity index (χ0n) is 54.6. The summed E-state index contributed by atoms with van der Waals surface area (Å²) in [5, 5.41) is 25.3. The second-order valence-electron chi connectivity index (χ2n) is 25.2. The Labute approximate surface area is 524 Å². The number of carbonyl (C=O) groups excluding carboxylic acids is 10. The lowest BCUT2D eigenvalue weighted by Crippen LogP contribution is -2.61. The van der Waals surface area contributed by atoms with Crippen LogP contribution >= 0.6 is 0 Å². The number of benzene rings is 1. The lowest BCUT2D eigenvalue weighted by Gasteiger charge is -2.30. The van der Waals surface area contributed by atoms with E-state index in [0.717, 1.165) is 0 Å². The molecule has 1 rings (SSSR count). The van der Waals surface area contributed by atoms with Gasteiger partial charge in [0, 0.05) is 6.42 Å². The minimum atomic E-state index is -1.31. The summed E-state index contributed by atoms with van der Waals surface area (Å²) >= 11 is 0. The first-order chi connectivity index (χ1) is 41.6. The number of nitrogens with one attached hydrogen (secondary N) is 9. The van der Waals surface area contributed by atoms with E-state index in [1.807, 2.05) is 62.3 Å². The molecule has 11 atom stereocenters.